The first-order chi connectivity index (χ1) is 10.0. The Morgan fingerprint density at radius 3 is 2.71 bits per heavy atom. The molecule has 0 aliphatic heterocycles. The molecule has 112 valence electrons. The minimum absolute atomic E-state index is 0.128. The van der Waals surface area contributed by atoms with E-state index in [1.165, 1.54) is 4.88 Å². The topological polar surface area (TPSA) is 58.6 Å². The van der Waals surface area contributed by atoms with E-state index in [9.17, 15) is 9.90 Å². The molecule has 0 aliphatic rings. The van der Waals surface area contributed by atoms with Crippen LogP contribution in [-0.4, -0.2) is 18.1 Å². The zero-order chi connectivity index (χ0) is 15.4. The number of methoxy groups -OCH3 is 1. The number of aliphatic hydroxyl groups is 1. The third-order valence-corrected chi connectivity index (χ3v) is 4.39. The summed E-state index contributed by atoms with van der Waals surface area (Å²) < 4.78 is 5.10. The van der Waals surface area contributed by atoms with Gasteiger partial charge in [-0.05, 0) is 43.7 Å². The third kappa shape index (κ3) is 3.83. The quantitative estimate of drug-likeness (QED) is 0.893. The molecule has 0 spiro atoms. The summed E-state index contributed by atoms with van der Waals surface area (Å²) in [6.07, 6.45) is -1.20. The summed E-state index contributed by atoms with van der Waals surface area (Å²) in [5.74, 6) is 0.197. The van der Waals surface area contributed by atoms with Crippen molar-refractivity contribution >= 4 is 17.2 Å². The van der Waals surface area contributed by atoms with Crippen LogP contribution in [0.15, 0.2) is 36.4 Å². The van der Waals surface area contributed by atoms with Crippen molar-refractivity contribution in [2.75, 3.05) is 7.11 Å². The molecule has 0 radical (unpaired) electrons. The maximum Gasteiger partial charge on any atom is 0.253 e. The van der Waals surface area contributed by atoms with Crippen LogP contribution in [0.4, 0.5) is 0 Å². The molecule has 2 aromatic rings. The molecule has 0 bridgehead atoms. The van der Waals surface area contributed by atoms with Gasteiger partial charge < -0.3 is 15.2 Å². The van der Waals surface area contributed by atoms with Crippen molar-refractivity contribution in [3.05, 3.63) is 51.7 Å². The van der Waals surface area contributed by atoms with Gasteiger partial charge in [-0.2, -0.15) is 0 Å². The fourth-order valence-corrected chi connectivity index (χ4v) is 2.89. The third-order valence-electron chi connectivity index (χ3n) is 3.20. The van der Waals surface area contributed by atoms with Gasteiger partial charge in [0.25, 0.3) is 5.91 Å². The van der Waals surface area contributed by atoms with Crippen LogP contribution in [0.2, 0.25) is 0 Å². The zero-order valence-electron chi connectivity index (χ0n) is 12.3. The predicted octanol–water partition coefficient (Wildman–Crippen LogP) is 2.98. The van der Waals surface area contributed by atoms with E-state index in [4.69, 9.17) is 4.74 Å². The van der Waals surface area contributed by atoms with E-state index in [1.54, 1.807) is 42.7 Å². The van der Waals surface area contributed by atoms with Crippen LogP contribution in [0, 0.1) is 6.92 Å². The molecule has 0 saturated heterocycles. The highest BCUT2D eigenvalue weighted by Gasteiger charge is 2.20. The van der Waals surface area contributed by atoms with Gasteiger partial charge in [0.05, 0.1) is 13.2 Å². The first-order valence-electron chi connectivity index (χ1n) is 6.70. The maximum atomic E-state index is 12.1. The summed E-state index contributed by atoms with van der Waals surface area (Å²) in [6, 6.07) is 10.7. The number of hydrogen-bond donors (Lipinski definition) is 2. The number of amides is 1. The molecule has 0 saturated carbocycles. The molecule has 4 nitrogen and oxygen atoms in total. The molecule has 1 amide bonds. The van der Waals surface area contributed by atoms with Gasteiger partial charge in [0, 0.05) is 9.75 Å². The van der Waals surface area contributed by atoms with Crippen LogP contribution in [-0.2, 0) is 4.79 Å². The molecule has 2 unspecified atom stereocenters. The average Bonchev–Trinajstić information content (AvgIpc) is 2.93. The minimum Gasteiger partial charge on any atom is -0.497 e. The van der Waals surface area contributed by atoms with Gasteiger partial charge in [-0.1, -0.05) is 12.1 Å². The van der Waals surface area contributed by atoms with Crippen molar-refractivity contribution in [3.63, 3.8) is 0 Å². The largest absolute Gasteiger partial charge is 0.497 e. The normalized spacial score (nSPS) is 13.5. The number of aryl methyl sites for hydroxylation is 1. The molecule has 0 fully saturated rings. The van der Waals surface area contributed by atoms with E-state index >= 15 is 0 Å². The molecular formula is C16H19NO3S. The maximum absolute atomic E-state index is 12.1. The summed E-state index contributed by atoms with van der Waals surface area (Å²) in [6.45, 7) is 3.93. The number of hydrogen-bond acceptors (Lipinski definition) is 4. The highest BCUT2D eigenvalue weighted by Crippen LogP contribution is 2.24. The predicted molar refractivity (Wildman–Crippen MR) is 83.6 cm³/mol. The molecule has 2 rings (SSSR count). The fourth-order valence-electron chi connectivity index (χ4n) is 2.01. The summed E-state index contributed by atoms with van der Waals surface area (Å²) in [5.41, 5.74) is 0.515. The zero-order valence-corrected chi connectivity index (χ0v) is 13.1. The van der Waals surface area contributed by atoms with Crippen molar-refractivity contribution < 1.29 is 14.6 Å². The number of rotatable bonds is 5. The Morgan fingerprint density at radius 2 is 2.10 bits per heavy atom. The van der Waals surface area contributed by atoms with Crippen LogP contribution >= 0.6 is 11.3 Å². The Kier molecular flexibility index (Phi) is 4.98. The summed E-state index contributed by atoms with van der Waals surface area (Å²) in [4.78, 5) is 14.4. The molecular weight excluding hydrogens is 286 g/mol. The number of carbonyl (C=O) groups is 1. The van der Waals surface area contributed by atoms with Crippen molar-refractivity contribution in [3.8, 4) is 5.75 Å². The van der Waals surface area contributed by atoms with Gasteiger partial charge in [-0.3, -0.25) is 4.79 Å². The van der Waals surface area contributed by atoms with Crippen molar-refractivity contribution in [2.24, 2.45) is 0 Å². The van der Waals surface area contributed by atoms with E-state index < -0.39 is 12.0 Å². The van der Waals surface area contributed by atoms with Gasteiger partial charge in [0.1, 0.15) is 5.75 Å². The number of carbonyl (C=O) groups excluding carboxylic acids is 1. The molecule has 5 heteroatoms. The van der Waals surface area contributed by atoms with Gasteiger partial charge in [0.2, 0.25) is 0 Å². The van der Waals surface area contributed by atoms with E-state index in [0.717, 1.165) is 4.88 Å². The molecule has 1 aromatic heterocycles. The lowest BCUT2D eigenvalue weighted by atomic mass is 10.1. The lowest BCUT2D eigenvalue weighted by molar-refractivity contribution is -0.130. The SMILES string of the molecule is COc1cccc(C(O)C(=O)NC(C)c2ccc(C)s2)c1. The Morgan fingerprint density at radius 1 is 1.33 bits per heavy atom. The van der Waals surface area contributed by atoms with Gasteiger partial charge >= 0.3 is 0 Å². The van der Waals surface area contributed by atoms with Crippen LogP contribution in [0.3, 0.4) is 0 Å². The van der Waals surface area contributed by atoms with Crippen molar-refractivity contribution in [2.45, 2.75) is 26.0 Å². The highest BCUT2D eigenvalue weighted by atomic mass is 32.1. The van der Waals surface area contributed by atoms with Gasteiger partial charge in [0.15, 0.2) is 6.10 Å². The molecule has 21 heavy (non-hydrogen) atoms. The molecule has 1 heterocycles. The lowest BCUT2D eigenvalue weighted by Crippen LogP contribution is -2.31. The number of benzene rings is 1. The summed E-state index contributed by atoms with van der Waals surface area (Å²) >= 11 is 1.64. The van der Waals surface area contributed by atoms with Gasteiger partial charge in [-0.15, -0.1) is 11.3 Å². The molecule has 2 atom stereocenters. The first kappa shape index (κ1) is 15.5. The lowest BCUT2D eigenvalue weighted by Gasteiger charge is -2.16. The number of ether oxygens (including phenoxy) is 1. The number of nitrogens with one attached hydrogen (secondary N) is 1. The van der Waals surface area contributed by atoms with Crippen LogP contribution in [0.1, 0.15) is 34.4 Å². The van der Waals surface area contributed by atoms with Crippen molar-refractivity contribution in [1.82, 2.24) is 5.32 Å². The highest BCUT2D eigenvalue weighted by molar-refractivity contribution is 7.12. The fraction of sp³-hybridized carbons (Fsp3) is 0.312. The van der Waals surface area contributed by atoms with E-state index in [-0.39, 0.29) is 6.04 Å². The Balaban J connectivity index is 2.05. The second kappa shape index (κ2) is 6.74. The Labute approximate surface area is 128 Å². The smallest absolute Gasteiger partial charge is 0.253 e. The van der Waals surface area contributed by atoms with Crippen LogP contribution in [0.5, 0.6) is 5.75 Å². The van der Waals surface area contributed by atoms with Crippen LogP contribution in [0.25, 0.3) is 0 Å². The summed E-state index contributed by atoms with van der Waals surface area (Å²) in [7, 11) is 1.55. The number of thiophene rings is 1. The molecule has 0 aliphatic carbocycles. The number of aliphatic hydroxyl groups excluding tert-OH is 1. The standard InChI is InChI=1S/C16H19NO3S/c1-10-7-8-14(21-10)11(2)17-16(19)15(18)12-5-4-6-13(9-12)20-3/h4-9,11,15,18H,1-3H3,(H,17,19). The van der Waals surface area contributed by atoms with E-state index in [0.29, 0.717) is 11.3 Å². The second-order valence-corrected chi connectivity index (χ2v) is 6.18. The molecule has 2 N–H and O–H groups in total. The monoisotopic (exact) mass is 305 g/mol. The first-order valence-corrected chi connectivity index (χ1v) is 7.51. The van der Waals surface area contributed by atoms with Crippen LogP contribution < -0.4 is 10.1 Å². The second-order valence-electron chi connectivity index (χ2n) is 4.86. The molecule has 1 aromatic carbocycles. The van der Waals surface area contributed by atoms with E-state index in [1.807, 2.05) is 26.0 Å². The Bertz CT molecular complexity index is 623. The van der Waals surface area contributed by atoms with E-state index in [2.05, 4.69) is 5.32 Å². The Hall–Kier alpha value is -1.85. The average molecular weight is 305 g/mol. The summed E-state index contributed by atoms with van der Waals surface area (Å²) in [5, 5.41) is 13.0. The van der Waals surface area contributed by atoms with Gasteiger partial charge in [-0.25, -0.2) is 0 Å². The minimum atomic E-state index is -1.20. The van der Waals surface area contributed by atoms with Crippen molar-refractivity contribution in [1.29, 1.82) is 0 Å².